The van der Waals surface area contributed by atoms with Crippen molar-refractivity contribution in [3.05, 3.63) is 68.4 Å². The van der Waals surface area contributed by atoms with Gasteiger partial charge >= 0.3 is 0 Å². The van der Waals surface area contributed by atoms with E-state index in [1.165, 1.54) is 30.6 Å². The lowest BCUT2D eigenvalue weighted by Crippen LogP contribution is -2.18. The molecule has 21 heavy (non-hydrogen) atoms. The zero-order chi connectivity index (χ0) is 15.2. The van der Waals surface area contributed by atoms with Crippen LogP contribution in [0.15, 0.2) is 52.2 Å². The Morgan fingerprint density at radius 3 is 2.86 bits per heavy atom. The first-order valence-corrected chi connectivity index (χ1v) is 6.55. The van der Waals surface area contributed by atoms with Crippen LogP contribution in [0.25, 0.3) is 0 Å². The quantitative estimate of drug-likeness (QED) is 0.521. The van der Waals surface area contributed by atoms with Gasteiger partial charge in [0.05, 0.1) is 16.7 Å². The minimum atomic E-state index is -0.515. The van der Waals surface area contributed by atoms with Gasteiger partial charge in [-0.2, -0.15) is 5.10 Å². The van der Waals surface area contributed by atoms with Gasteiger partial charge in [-0.3, -0.25) is 19.9 Å². The Hall–Kier alpha value is -2.61. The highest BCUT2D eigenvalue weighted by Crippen LogP contribution is 2.15. The third kappa shape index (κ3) is 3.93. The Labute approximate surface area is 128 Å². The molecule has 0 spiro atoms. The number of hydrazone groups is 1. The summed E-state index contributed by atoms with van der Waals surface area (Å²) < 4.78 is 0.713. The van der Waals surface area contributed by atoms with Crippen LogP contribution >= 0.6 is 15.9 Å². The van der Waals surface area contributed by atoms with Gasteiger partial charge in [-0.05, 0) is 18.2 Å². The molecule has 106 valence electrons. The van der Waals surface area contributed by atoms with Crippen LogP contribution in [0.3, 0.4) is 0 Å². The van der Waals surface area contributed by atoms with Crippen molar-refractivity contribution in [2.24, 2.45) is 5.10 Å². The van der Waals surface area contributed by atoms with Crippen LogP contribution in [-0.2, 0) is 0 Å². The van der Waals surface area contributed by atoms with E-state index in [4.69, 9.17) is 0 Å². The molecule has 0 bridgehead atoms. The maximum absolute atomic E-state index is 11.8. The molecule has 0 unspecified atom stereocenters. The lowest BCUT2D eigenvalue weighted by atomic mass is 10.2. The summed E-state index contributed by atoms with van der Waals surface area (Å²) in [6, 6.07) is 9.32. The number of hydrogen-bond acceptors (Lipinski definition) is 5. The van der Waals surface area contributed by atoms with Crippen LogP contribution in [0, 0.1) is 10.1 Å². The number of nitrogens with zero attached hydrogens (tertiary/aromatic N) is 3. The Balaban J connectivity index is 2.09. The maximum Gasteiger partial charge on any atom is 0.289 e. The third-order valence-electron chi connectivity index (χ3n) is 2.46. The molecule has 1 amide bonds. The van der Waals surface area contributed by atoms with E-state index < -0.39 is 10.8 Å². The number of nitro groups is 1. The lowest BCUT2D eigenvalue weighted by Gasteiger charge is -1.99. The molecule has 0 aliphatic rings. The van der Waals surface area contributed by atoms with E-state index in [0.717, 1.165) is 0 Å². The predicted molar refractivity (Wildman–Crippen MR) is 80.1 cm³/mol. The second-order valence-electron chi connectivity index (χ2n) is 3.87. The zero-order valence-electron chi connectivity index (χ0n) is 10.6. The van der Waals surface area contributed by atoms with Crippen LogP contribution in [-0.4, -0.2) is 22.0 Å². The molecule has 0 atom stereocenters. The van der Waals surface area contributed by atoms with E-state index >= 15 is 0 Å². The Bertz CT molecular complexity index is 718. The average molecular weight is 349 g/mol. The van der Waals surface area contributed by atoms with Crippen molar-refractivity contribution in [3.63, 3.8) is 0 Å². The van der Waals surface area contributed by atoms with Gasteiger partial charge in [0.2, 0.25) is 0 Å². The number of pyridine rings is 1. The number of benzene rings is 1. The number of nitrogens with one attached hydrogen (secondary N) is 1. The Kier molecular flexibility index (Phi) is 4.72. The maximum atomic E-state index is 11.8. The second-order valence-corrected chi connectivity index (χ2v) is 4.79. The number of halogens is 1. The molecule has 1 aromatic carbocycles. The SMILES string of the molecule is O=C(N/N=C/c1ccccc1[N+](=O)[O-])c1cc(Br)ccn1. The summed E-state index contributed by atoms with van der Waals surface area (Å²) >= 11 is 3.23. The number of amides is 1. The summed E-state index contributed by atoms with van der Waals surface area (Å²) in [6.45, 7) is 0. The molecular formula is C13H9BrN4O3. The first-order chi connectivity index (χ1) is 10.1. The van der Waals surface area contributed by atoms with Crippen molar-refractivity contribution in [3.8, 4) is 0 Å². The lowest BCUT2D eigenvalue weighted by molar-refractivity contribution is -0.385. The highest BCUT2D eigenvalue weighted by atomic mass is 79.9. The molecule has 8 heteroatoms. The van der Waals surface area contributed by atoms with Crippen LogP contribution in [0.4, 0.5) is 5.69 Å². The molecular weight excluding hydrogens is 340 g/mol. The molecule has 2 aromatic rings. The van der Waals surface area contributed by atoms with Crippen LogP contribution < -0.4 is 5.43 Å². The van der Waals surface area contributed by atoms with Crippen LogP contribution in [0.1, 0.15) is 16.1 Å². The summed E-state index contributed by atoms with van der Waals surface area (Å²) in [5.74, 6) is -0.508. The number of para-hydroxylation sites is 1. The summed E-state index contributed by atoms with van der Waals surface area (Å²) in [5, 5.41) is 14.5. The van der Waals surface area contributed by atoms with Crippen molar-refractivity contribution < 1.29 is 9.72 Å². The molecule has 1 aromatic heterocycles. The fraction of sp³-hybridized carbons (Fsp3) is 0. The fourth-order valence-corrected chi connectivity index (χ4v) is 1.84. The number of carbonyl (C=O) groups excluding carboxylic acids is 1. The molecule has 7 nitrogen and oxygen atoms in total. The Morgan fingerprint density at radius 2 is 2.14 bits per heavy atom. The molecule has 0 aliphatic heterocycles. The van der Waals surface area contributed by atoms with Crippen molar-refractivity contribution in [2.45, 2.75) is 0 Å². The van der Waals surface area contributed by atoms with Crippen molar-refractivity contribution in [1.29, 1.82) is 0 Å². The standard InChI is InChI=1S/C13H9BrN4O3/c14-10-5-6-15-11(7-10)13(19)17-16-8-9-3-1-2-4-12(9)18(20)21/h1-8H,(H,17,19)/b16-8+. The van der Waals surface area contributed by atoms with Gasteiger partial charge in [-0.1, -0.05) is 28.1 Å². The molecule has 0 radical (unpaired) electrons. The van der Waals surface area contributed by atoms with Gasteiger partial charge in [-0.25, -0.2) is 5.43 Å². The molecule has 0 saturated carbocycles. The number of aromatic nitrogens is 1. The largest absolute Gasteiger partial charge is 0.289 e. The predicted octanol–water partition coefficient (Wildman–Crippen LogP) is 2.52. The van der Waals surface area contributed by atoms with Crippen molar-refractivity contribution in [1.82, 2.24) is 10.4 Å². The normalized spacial score (nSPS) is 10.5. The number of rotatable bonds is 4. The second kappa shape index (κ2) is 6.71. The Morgan fingerprint density at radius 1 is 1.38 bits per heavy atom. The van der Waals surface area contributed by atoms with Crippen molar-refractivity contribution >= 4 is 33.7 Å². The summed E-state index contributed by atoms with van der Waals surface area (Å²) in [5.41, 5.74) is 2.66. The van der Waals surface area contributed by atoms with Gasteiger partial charge < -0.3 is 0 Å². The van der Waals surface area contributed by atoms with Gasteiger partial charge in [0.25, 0.3) is 11.6 Å². The van der Waals surface area contributed by atoms with E-state index in [9.17, 15) is 14.9 Å². The first-order valence-electron chi connectivity index (χ1n) is 5.76. The fourth-order valence-electron chi connectivity index (χ4n) is 1.51. The van der Waals surface area contributed by atoms with Crippen LogP contribution in [0.5, 0.6) is 0 Å². The van der Waals surface area contributed by atoms with Gasteiger partial charge in [0.1, 0.15) is 5.69 Å². The molecule has 0 fully saturated rings. The van der Waals surface area contributed by atoms with E-state index in [1.54, 1.807) is 18.2 Å². The monoisotopic (exact) mass is 348 g/mol. The first kappa shape index (κ1) is 14.8. The molecule has 2 rings (SSSR count). The van der Waals surface area contributed by atoms with E-state index in [0.29, 0.717) is 10.0 Å². The summed E-state index contributed by atoms with van der Waals surface area (Å²) in [4.78, 5) is 26.0. The minimum absolute atomic E-state index is 0.0870. The van der Waals surface area contributed by atoms with Gasteiger partial charge in [0, 0.05) is 16.7 Å². The average Bonchev–Trinajstić information content (AvgIpc) is 2.47. The molecule has 1 N–H and O–H groups in total. The third-order valence-corrected chi connectivity index (χ3v) is 2.95. The summed E-state index contributed by atoms with van der Waals surface area (Å²) in [7, 11) is 0. The molecule has 0 saturated heterocycles. The number of hydrogen-bond donors (Lipinski definition) is 1. The number of carbonyl (C=O) groups is 1. The van der Waals surface area contributed by atoms with Crippen molar-refractivity contribution in [2.75, 3.05) is 0 Å². The van der Waals surface area contributed by atoms with E-state index in [2.05, 4.69) is 31.4 Å². The minimum Gasteiger partial charge on any atom is -0.266 e. The van der Waals surface area contributed by atoms with Gasteiger partial charge in [0.15, 0.2) is 0 Å². The molecule has 0 aliphatic carbocycles. The highest BCUT2D eigenvalue weighted by molar-refractivity contribution is 9.10. The van der Waals surface area contributed by atoms with E-state index in [-0.39, 0.29) is 11.4 Å². The van der Waals surface area contributed by atoms with Crippen LogP contribution in [0.2, 0.25) is 0 Å². The number of nitro benzene ring substituents is 1. The zero-order valence-corrected chi connectivity index (χ0v) is 12.1. The smallest absolute Gasteiger partial charge is 0.266 e. The highest BCUT2D eigenvalue weighted by Gasteiger charge is 2.10. The molecule has 1 heterocycles. The topological polar surface area (TPSA) is 97.5 Å². The summed E-state index contributed by atoms with van der Waals surface area (Å²) in [6.07, 6.45) is 2.69. The van der Waals surface area contributed by atoms with E-state index in [1.807, 2.05) is 0 Å². The van der Waals surface area contributed by atoms with Gasteiger partial charge in [-0.15, -0.1) is 0 Å².